The summed E-state index contributed by atoms with van der Waals surface area (Å²) in [5.74, 6) is -0.258. The van der Waals surface area contributed by atoms with E-state index in [2.05, 4.69) is 15.6 Å². The van der Waals surface area contributed by atoms with Crippen LogP contribution in [0.3, 0.4) is 0 Å². The summed E-state index contributed by atoms with van der Waals surface area (Å²) < 4.78 is 39.2. The number of nitrogens with zero attached hydrogens (tertiary/aromatic N) is 2. The lowest BCUT2D eigenvalue weighted by Crippen LogP contribution is -2.34. The SMILES string of the molecule is CN(C)c1ccc(/C(=C/C=C/C(=O)Nc2cccc3c2CC(O)C(=O)N3)c2ccc(C(F)(F)F)cc2)cn1. The quantitative estimate of drug-likeness (QED) is 0.324. The Kier molecular flexibility index (Phi) is 7.63. The van der Waals surface area contributed by atoms with Crippen molar-refractivity contribution in [3.05, 3.63) is 101 Å². The molecule has 0 fully saturated rings. The van der Waals surface area contributed by atoms with Crippen LogP contribution in [-0.2, 0) is 22.2 Å². The number of rotatable bonds is 6. The maximum absolute atomic E-state index is 13.1. The number of benzene rings is 2. The second kappa shape index (κ2) is 10.9. The van der Waals surface area contributed by atoms with Crippen molar-refractivity contribution in [1.82, 2.24) is 4.98 Å². The van der Waals surface area contributed by atoms with E-state index in [1.807, 2.05) is 19.0 Å². The maximum Gasteiger partial charge on any atom is 0.416 e. The van der Waals surface area contributed by atoms with Crippen LogP contribution in [0.1, 0.15) is 22.3 Å². The fourth-order valence-corrected chi connectivity index (χ4v) is 3.96. The highest BCUT2D eigenvalue weighted by atomic mass is 19.4. The van der Waals surface area contributed by atoms with Crippen molar-refractivity contribution in [1.29, 1.82) is 0 Å². The predicted molar refractivity (Wildman–Crippen MR) is 140 cm³/mol. The zero-order valence-corrected chi connectivity index (χ0v) is 20.6. The number of nitrogens with one attached hydrogen (secondary N) is 2. The molecule has 38 heavy (non-hydrogen) atoms. The number of hydrogen-bond acceptors (Lipinski definition) is 5. The molecule has 1 unspecified atom stereocenters. The van der Waals surface area contributed by atoms with Crippen LogP contribution in [0.4, 0.5) is 30.4 Å². The van der Waals surface area contributed by atoms with Crippen molar-refractivity contribution in [2.75, 3.05) is 29.6 Å². The lowest BCUT2D eigenvalue weighted by molar-refractivity contribution is -0.137. The molecule has 2 amide bonds. The van der Waals surface area contributed by atoms with E-state index in [0.29, 0.717) is 39.5 Å². The lowest BCUT2D eigenvalue weighted by Gasteiger charge is -2.23. The van der Waals surface area contributed by atoms with E-state index in [4.69, 9.17) is 0 Å². The molecule has 2 heterocycles. The monoisotopic (exact) mass is 522 g/mol. The van der Waals surface area contributed by atoms with Crippen LogP contribution in [0, 0.1) is 0 Å². The molecule has 7 nitrogen and oxygen atoms in total. The molecule has 1 aliphatic heterocycles. The number of carbonyl (C=O) groups is 2. The summed E-state index contributed by atoms with van der Waals surface area (Å²) in [6, 6.07) is 13.4. The van der Waals surface area contributed by atoms with Gasteiger partial charge < -0.3 is 20.6 Å². The van der Waals surface area contributed by atoms with E-state index in [9.17, 15) is 27.9 Å². The highest BCUT2D eigenvalue weighted by molar-refractivity contribution is 6.03. The molecule has 0 radical (unpaired) electrons. The van der Waals surface area contributed by atoms with Crippen LogP contribution in [0.15, 0.2) is 79.0 Å². The van der Waals surface area contributed by atoms with E-state index in [1.165, 1.54) is 24.3 Å². The smallest absolute Gasteiger partial charge is 0.383 e. The summed E-state index contributed by atoms with van der Waals surface area (Å²) in [6.07, 6.45) is 0.413. The molecule has 1 aromatic heterocycles. The van der Waals surface area contributed by atoms with Gasteiger partial charge in [-0.3, -0.25) is 9.59 Å². The van der Waals surface area contributed by atoms with Crippen molar-refractivity contribution >= 4 is 34.6 Å². The molecule has 10 heteroatoms. The third kappa shape index (κ3) is 6.09. The molecule has 0 saturated heterocycles. The number of anilines is 3. The Morgan fingerprint density at radius 1 is 1.11 bits per heavy atom. The molecular weight excluding hydrogens is 497 g/mol. The molecule has 2 aromatic carbocycles. The zero-order valence-electron chi connectivity index (χ0n) is 20.6. The van der Waals surface area contributed by atoms with Gasteiger partial charge in [-0.15, -0.1) is 0 Å². The number of carbonyl (C=O) groups excluding carboxylic acids is 2. The third-order valence-electron chi connectivity index (χ3n) is 5.94. The van der Waals surface area contributed by atoms with E-state index >= 15 is 0 Å². The van der Waals surface area contributed by atoms with Gasteiger partial charge in [0.1, 0.15) is 11.9 Å². The molecule has 4 rings (SSSR count). The summed E-state index contributed by atoms with van der Waals surface area (Å²) >= 11 is 0. The molecule has 196 valence electrons. The number of allylic oxidation sites excluding steroid dienone is 2. The van der Waals surface area contributed by atoms with E-state index in [0.717, 1.165) is 12.1 Å². The van der Waals surface area contributed by atoms with Gasteiger partial charge in [-0.25, -0.2) is 4.98 Å². The van der Waals surface area contributed by atoms with E-state index in [1.54, 1.807) is 42.6 Å². The van der Waals surface area contributed by atoms with Gasteiger partial charge >= 0.3 is 6.18 Å². The summed E-state index contributed by atoms with van der Waals surface area (Å²) in [5.41, 5.74) is 2.56. The molecule has 0 bridgehead atoms. The van der Waals surface area contributed by atoms with Crippen molar-refractivity contribution in [3.8, 4) is 0 Å². The lowest BCUT2D eigenvalue weighted by atomic mass is 9.97. The van der Waals surface area contributed by atoms with Gasteiger partial charge in [-0.2, -0.15) is 13.2 Å². The molecule has 1 atom stereocenters. The van der Waals surface area contributed by atoms with Crippen LogP contribution in [0.5, 0.6) is 0 Å². The van der Waals surface area contributed by atoms with Crippen molar-refractivity contribution in [2.45, 2.75) is 18.7 Å². The molecule has 0 aliphatic carbocycles. The average Bonchev–Trinajstić information content (AvgIpc) is 2.87. The summed E-state index contributed by atoms with van der Waals surface area (Å²) in [4.78, 5) is 30.6. The minimum atomic E-state index is -4.45. The van der Waals surface area contributed by atoms with Gasteiger partial charge in [-0.1, -0.05) is 30.4 Å². The van der Waals surface area contributed by atoms with Gasteiger partial charge in [-0.05, 0) is 47.5 Å². The Balaban J connectivity index is 1.60. The number of fused-ring (bicyclic) bond motifs is 1. The first-order valence-corrected chi connectivity index (χ1v) is 11.6. The largest absolute Gasteiger partial charge is 0.416 e. The first kappa shape index (κ1) is 26.6. The third-order valence-corrected chi connectivity index (χ3v) is 5.94. The average molecular weight is 523 g/mol. The Bertz CT molecular complexity index is 1400. The molecule has 1 aliphatic rings. The molecule has 0 spiro atoms. The number of alkyl halides is 3. The highest BCUT2D eigenvalue weighted by Gasteiger charge is 2.30. The van der Waals surface area contributed by atoms with Crippen molar-refractivity contribution < 1.29 is 27.9 Å². The van der Waals surface area contributed by atoms with Crippen LogP contribution in [-0.4, -0.2) is 42.1 Å². The van der Waals surface area contributed by atoms with Gasteiger partial charge in [0.2, 0.25) is 5.91 Å². The number of aromatic nitrogens is 1. The second-order valence-electron chi connectivity index (χ2n) is 8.84. The molecular formula is C28H25F3N4O3. The Morgan fingerprint density at radius 2 is 1.82 bits per heavy atom. The fraction of sp³-hybridized carbons (Fsp3) is 0.179. The normalized spacial score (nSPS) is 15.7. The summed E-state index contributed by atoms with van der Waals surface area (Å²) in [5, 5.41) is 15.2. The van der Waals surface area contributed by atoms with Gasteiger partial charge in [0.05, 0.1) is 5.56 Å². The zero-order chi connectivity index (χ0) is 27.4. The molecule has 3 N–H and O–H groups in total. The van der Waals surface area contributed by atoms with Crippen LogP contribution < -0.4 is 15.5 Å². The van der Waals surface area contributed by atoms with Crippen molar-refractivity contribution in [3.63, 3.8) is 0 Å². The van der Waals surface area contributed by atoms with Crippen molar-refractivity contribution in [2.24, 2.45) is 0 Å². The molecule has 3 aromatic rings. The minimum Gasteiger partial charge on any atom is -0.383 e. The van der Waals surface area contributed by atoms with Crippen LogP contribution in [0.25, 0.3) is 5.57 Å². The summed E-state index contributed by atoms with van der Waals surface area (Å²) in [7, 11) is 3.68. The number of hydrogen-bond donors (Lipinski definition) is 3. The van der Waals surface area contributed by atoms with Gasteiger partial charge in [0.25, 0.3) is 5.91 Å². The maximum atomic E-state index is 13.1. The second-order valence-corrected chi connectivity index (χ2v) is 8.84. The van der Waals surface area contributed by atoms with E-state index in [-0.39, 0.29) is 6.42 Å². The Labute approximate surface area is 217 Å². The standard InChI is InChI=1S/C28H25F3N4O3/c1-35(2)25-14-11-18(16-32-25)20(17-9-12-19(13-10-17)28(29,30)31)5-3-8-26(37)33-22-6-4-7-23-21(22)15-24(36)27(38)34-23/h3-14,16,24,36H,15H2,1-2H3,(H,33,37)(H,34,38)/b8-3+,20-5+. The summed E-state index contributed by atoms with van der Waals surface area (Å²) in [6.45, 7) is 0. The topological polar surface area (TPSA) is 94.6 Å². The fourth-order valence-electron chi connectivity index (χ4n) is 3.96. The van der Waals surface area contributed by atoms with Gasteiger partial charge in [0, 0.05) is 55.3 Å². The first-order chi connectivity index (χ1) is 18.0. The van der Waals surface area contributed by atoms with Crippen LogP contribution in [0.2, 0.25) is 0 Å². The number of aliphatic hydroxyl groups is 1. The number of aliphatic hydroxyl groups excluding tert-OH is 1. The number of halogens is 3. The first-order valence-electron chi connectivity index (χ1n) is 11.6. The highest BCUT2D eigenvalue weighted by Crippen LogP contribution is 2.32. The van der Waals surface area contributed by atoms with Gasteiger partial charge in [0.15, 0.2) is 0 Å². The predicted octanol–water partition coefficient (Wildman–Crippen LogP) is 4.65. The number of amides is 2. The van der Waals surface area contributed by atoms with E-state index < -0.39 is 29.7 Å². The Morgan fingerprint density at radius 3 is 2.45 bits per heavy atom. The number of pyridine rings is 1. The minimum absolute atomic E-state index is 0.0647. The van der Waals surface area contributed by atoms with Crippen LogP contribution >= 0.6 is 0 Å². The Hall–Kier alpha value is -4.44. The molecule has 0 saturated carbocycles.